The second kappa shape index (κ2) is 15.8. The first-order chi connectivity index (χ1) is 14.1. The SMILES string of the molecule is CCCCCCCCC(=O)Nc1ccc(O)c(NC(=O)CCCCCCCC)c1. The number of nitrogens with one attached hydrogen (secondary N) is 2. The fourth-order valence-electron chi connectivity index (χ4n) is 3.28. The van der Waals surface area contributed by atoms with Gasteiger partial charge in [-0.05, 0) is 31.0 Å². The van der Waals surface area contributed by atoms with Crippen molar-refractivity contribution < 1.29 is 14.7 Å². The number of phenolic OH excluding ortho intramolecular Hbond substituents is 1. The Morgan fingerprint density at radius 3 is 1.76 bits per heavy atom. The van der Waals surface area contributed by atoms with Crippen molar-refractivity contribution >= 4 is 23.2 Å². The van der Waals surface area contributed by atoms with Gasteiger partial charge in [0.1, 0.15) is 5.75 Å². The van der Waals surface area contributed by atoms with Crippen molar-refractivity contribution in [2.75, 3.05) is 10.6 Å². The summed E-state index contributed by atoms with van der Waals surface area (Å²) in [6, 6.07) is 4.77. The number of amides is 2. The third-order valence-corrected chi connectivity index (χ3v) is 5.07. The van der Waals surface area contributed by atoms with Crippen molar-refractivity contribution in [3.05, 3.63) is 18.2 Å². The fraction of sp³-hybridized carbons (Fsp3) is 0.667. The summed E-state index contributed by atoms with van der Waals surface area (Å²) in [5.74, 6) is -0.128. The van der Waals surface area contributed by atoms with E-state index in [1.807, 2.05) is 0 Å². The second-order valence-corrected chi connectivity index (χ2v) is 7.86. The molecule has 0 heterocycles. The van der Waals surface area contributed by atoms with E-state index in [4.69, 9.17) is 0 Å². The topological polar surface area (TPSA) is 78.4 Å². The number of phenols is 1. The maximum Gasteiger partial charge on any atom is 0.224 e. The maximum absolute atomic E-state index is 12.1. The summed E-state index contributed by atoms with van der Waals surface area (Å²) >= 11 is 0. The Balaban J connectivity index is 2.35. The van der Waals surface area contributed by atoms with E-state index >= 15 is 0 Å². The van der Waals surface area contributed by atoms with Crippen molar-refractivity contribution in [2.24, 2.45) is 0 Å². The van der Waals surface area contributed by atoms with Gasteiger partial charge in [0.15, 0.2) is 0 Å². The van der Waals surface area contributed by atoms with Gasteiger partial charge in [0, 0.05) is 18.5 Å². The molecule has 3 N–H and O–H groups in total. The maximum atomic E-state index is 12.1. The van der Waals surface area contributed by atoms with Crippen molar-refractivity contribution in [3.8, 4) is 5.75 Å². The molecular weight excluding hydrogens is 364 g/mol. The Kier molecular flexibility index (Phi) is 13.6. The van der Waals surface area contributed by atoms with Crippen LogP contribution in [0.5, 0.6) is 5.75 Å². The third kappa shape index (κ3) is 12.2. The quantitative estimate of drug-likeness (QED) is 0.162. The minimum absolute atomic E-state index is 0.00946. The fourth-order valence-corrected chi connectivity index (χ4v) is 3.28. The van der Waals surface area contributed by atoms with E-state index in [0.29, 0.717) is 24.2 Å². The van der Waals surface area contributed by atoms with E-state index in [1.165, 1.54) is 51.0 Å². The van der Waals surface area contributed by atoms with E-state index in [-0.39, 0.29) is 17.6 Å². The summed E-state index contributed by atoms with van der Waals surface area (Å²) in [5, 5.41) is 15.6. The van der Waals surface area contributed by atoms with Gasteiger partial charge >= 0.3 is 0 Å². The number of unbranched alkanes of at least 4 members (excludes halogenated alkanes) is 10. The summed E-state index contributed by atoms with van der Waals surface area (Å²) in [4.78, 5) is 24.2. The highest BCUT2D eigenvalue weighted by molar-refractivity contribution is 5.95. The van der Waals surface area contributed by atoms with E-state index in [2.05, 4.69) is 24.5 Å². The first kappa shape index (κ1) is 25.0. The molecule has 0 aliphatic rings. The molecule has 1 aromatic carbocycles. The largest absolute Gasteiger partial charge is 0.506 e. The Morgan fingerprint density at radius 2 is 1.21 bits per heavy atom. The van der Waals surface area contributed by atoms with Crippen LogP contribution in [-0.4, -0.2) is 16.9 Å². The van der Waals surface area contributed by atoms with Crippen LogP contribution in [0.4, 0.5) is 11.4 Å². The molecule has 0 radical (unpaired) electrons. The standard InChI is InChI=1S/C24H40N2O3/c1-3-5-7-9-11-13-15-23(28)25-20-17-18-22(27)21(19-20)26-24(29)16-14-12-10-8-6-4-2/h17-19,27H,3-16H2,1-2H3,(H,25,28)(H,26,29). The highest BCUT2D eigenvalue weighted by Gasteiger charge is 2.09. The minimum atomic E-state index is -0.105. The summed E-state index contributed by atoms with van der Waals surface area (Å²) in [5.41, 5.74) is 0.937. The molecule has 0 spiro atoms. The number of hydrogen-bond donors (Lipinski definition) is 3. The van der Waals surface area contributed by atoms with Crippen molar-refractivity contribution in [1.82, 2.24) is 0 Å². The van der Waals surface area contributed by atoms with Crippen LogP contribution >= 0.6 is 0 Å². The first-order valence-electron chi connectivity index (χ1n) is 11.5. The third-order valence-electron chi connectivity index (χ3n) is 5.07. The van der Waals surface area contributed by atoms with Gasteiger partial charge < -0.3 is 15.7 Å². The van der Waals surface area contributed by atoms with Crippen LogP contribution in [0.1, 0.15) is 104 Å². The zero-order valence-electron chi connectivity index (χ0n) is 18.4. The summed E-state index contributed by atoms with van der Waals surface area (Å²) in [6.45, 7) is 4.38. The molecule has 1 aromatic rings. The zero-order chi connectivity index (χ0) is 21.3. The van der Waals surface area contributed by atoms with Crippen LogP contribution in [0.3, 0.4) is 0 Å². The van der Waals surface area contributed by atoms with Gasteiger partial charge in [-0.15, -0.1) is 0 Å². The molecule has 2 amide bonds. The molecule has 0 aliphatic carbocycles. The van der Waals surface area contributed by atoms with E-state index in [1.54, 1.807) is 12.1 Å². The van der Waals surface area contributed by atoms with Crippen molar-refractivity contribution in [3.63, 3.8) is 0 Å². The average Bonchev–Trinajstić information content (AvgIpc) is 2.70. The second-order valence-electron chi connectivity index (χ2n) is 7.86. The molecule has 5 nitrogen and oxygen atoms in total. The Labute approximate surface area is 176 Å². The number of anilines is 2. The molecule has 0 aromatic heterocycles. The average molecular weight is 405 g/mol. The molecule has 0 atom stereocenters. The predicted molar refractivity (Wildman–Crippen MR) is 121 cm³/mol. The van der Waals surface area contributed by atoms with Crippen molar-refractivity contribution in [2.45, 2.75) is 104 Å². The van der Waals surface area contributed by atoms with Gasteiger partial charge in [-0.2, -0.15) is 0 Å². The molecule has 164 valence electrons. The van der Waals surface area contributed by atoms with Crippen LogP contribution < -0.4 is 10.6 Å². The van der Waals surface area contributed by atoms with Crippen LogP contribution in [0.15, 0.2) is 18.2 Å². The highest BCUT2D eigenvalue weighted by atomic mass is 16.3. The molecule has 0 unspecified atom stereocenters. The van der Waals surface area contributed by atoms with Crippen LogP contribution in [0.25, 0.3) is 0 Å². The first-order valence-corrected chi connectivity index (χ1v) is 11.5. The number of carbonyl (C=O) groups is 2. The normalized spacial score (nSPS) is 10.7. The minimum Gasteiger partial charge on any atom is -0.506 e. The summed E-state index contributed by atoms with van der Waals surface area (Å²) in [6.07, 6.45) is 14.5. The number of benzene rings is 1. The van der Waals surface area contributed by atoms with Crippen molar-refractivity contribution in [1.29, 1.82) is 0 Å². The lowest BCUT2D eigenvalue weighted by Gasteiger charge is -2.11. The smallest absolute Gasteiger partial charge is 0.224 e. The van der Waals surface area contributed by atoms with E-state index in [0.717, 1.165) is 32.1 Å². The van der Waals surface area contributed by atoms with E-state index < -0.39 is 0 Å². The number of hydrogen-bond acceptors (Lipinski definition) is 3. The van der Waals surface area contributed by atoms with E-state index in [9.17, 15) is 14.7 Å². The molecule has 29 heavy (non-hydrogen) atoms. The highest BCUT2D eigenvalue weighted by Crippen LogP contribution is 2.27. The summed E-state index contributed by atoms with van der Waals surface area (Å²) in [7, 11) is 0. The Morgan fingerprint density at radius 1 is 0.724 bits per heavy atom. The van der Waals surface area contributed by atoms with Crippen LogP contribution in [0.2, 0.25) is 0 Å². The van der Waals surface area contributed by atoms with Gasteiger partial charge in [-0.25, -0.2) is 0 Å². The van der Waals surface area contributed by atoms with Gasteiger partial charge in [0.05, 0.1) is 5.69 Å². The zero-order valence-corrected chi connectivity index (χ0v) is 18.4. The molecule has 5 heteroatoms. The molecule has 0 bridgehead atoms. The molecule has 0 fully saturated rings. The number of carbonyl (C=O) groups excluding carboxylic acids is 2. The molecular formula is C24H40N2O3. The van der Waals surface area contributed by atoms with Gasteiger partial charge in [0.2, 0.25) is 11.8 Å². The number of aromatic hydroxyl groups is 1. The van der Waals surface area contributed by atoms with Gasteiger partial charge in [0.25, 0.3) is 0 Å². The Bertz CT molecular complexity index is 602. The molecule has 0 saturated carbocycles. The van der Waals surface area contributed by atoms with Gasteiger partial charge in [-0.1, -0.05) is 78.1 Å². The molecule has 1 rings (SSSR count). The molecule has 0 aliphatic heterocycles. The Hall–Kier alpha value is -2.04. The number of rotatable bonds is 16. The predicted octanol–water partition coefficient (Wildman–Crippen LogP) is 6.77. The van der Waals surface area contributed by atoms with Crippen LogP contribution in [0, 0.1) is 0 Å². The summed E-state index contributed by atoms with van der Waals surface area (Å²) < 4.78 is 0. The van der Waals surface area contributed by atoms with Crippen LogP contribution in [-0.2, 0) is 9.59 Å². The van der Waals surface area contributed by atoms with Gasteiger partial charge in [-0.3, -0.25) is 9.59 Å². The molecule has 0 saturated heterocycles. The lowest BCUT2D eigenvalue weighted by atomic mass is 10.1. The lowest BCUT2D eigenvalue weighted by Crippen LogP contribution is -2.13. The monoisotopic (exact) mass is 404 g/mol. The lowest BCUT2D eigenvalue weighted by molar-refractivity contribution is -0.117.